The van der Waals surface area contributed by atoms with Gasteiger partial charge in [0.2, 0.25) is 0 Å². The average molecular weight is 356 g/mol. The maximum Gasteiger partial charge on any atom is 0.138 e. The lowest BCUT2D eigenvalue weighted by Crippen LogP contribution is -2.01. The molecule has 0 N–H and O–H groups in total. The molecule has 3 aromatic rings. The predicted molar refractivity (Wildman–Crippen MR) is 93.5 cm³/mol. The predicted octanol–water partition coefficient (Wildman–Crippen LogP) is 4.73. The van der Waals surface area contributed by atoms with Crippen LogP contribution >= 0.6 is 11.6 Å². The van der Waals surface area contributed by atoms with E-state index in [1.807, 2.05) is 26.0 Å². The molecule has 0 aliphatic carbocycles. The summed E-state index contributed by atoms with van der Waals surface area (Å²) in [5.41, 5.74) is 4.16. The van der Waals surface area contributed by atoms with E-state index in [-0.39, 0.29) is 11.6 Å². The van der Waals surface area contributed by atoms with Crippen molar-refractivity contribution in [2.75, 3.05) is 0 Å². The van der Waals surface area contributed by atoms with Crippen LogP contribution in [0.2, 0.25) is 5.02 Å². The molecule has 4 nitrogen and oxygen atoms in total. The van der Waals surface area contributed by atoms with E-state index >= 15 is 0 Å². The second kappa shape index (κ2) is 6.96. The van der Waals surface area contributed by atoms with Crippen LogP contribution in [-0.4, -0.2) is 9.78 Å². The van der Waals surface area contributed by atoms with E-state index in [0.29, 0.717) is 11.3 Å². The molecule has 6 heteroatoms. The van der Waals surface area contributed by atoms with Gasteiger partial charge in [-0.1, -0.05) is 11.6 Å². The molecule has 0 saturated carbocycles. The number of rotatable bonds is 4. The van der Waals surface area contributed by atoms with Crippen LogP contribution in [-0.2, 0) is 6.61 Å². The molecule has 1 aromatic heterocycles. The second-order valence-electron chi connectivity index (χ2n) is 5.58. The summed E-state index contributed by atoms with van der Waals surface area (Å²) in [5, 5.41) is 13.7. The molecule has 0 spiro atoms. The van der Waals surface area contributed by atoms with Crippen molar-refractivity contribution in [3.8, 4) is 17.5 Å². The van der Waals surface area contributed by atoms with Crippen molar-refractivity contribution in [1.82, 2.24) is 9.78 Å². The van der Waals surface area contributed by atoms with Gasteiger partial charge in [-0.25, -0.2) is 9.07 Å². The Kier molecular flexibility index (Phi) is 4.73. The van der Waals surface area contributed by atoms with Gasteiger partial charge in [-0.05, 0) is 56.3 Å². The van der Waals surface area contributed by atoms with Crippen LogP contribution < -0.4 is 4.74 Å². The van der Waals surface area contributed by atoms with Crippen LogP contribution in [0.3, 0.4) is 0 Å². The van der Waals surface area contributed by atoms with Crippen LogP contribution in [0, 0.1) is 31.0 Å². The topological polar surface area (TPSA) is 50.8 Å². The minimum absolute atomic E-state index is 0.231. The molecule has 2 aromatic carbocycles. The highest BCUT2D eigenvalue weighted by Gasteiger charge is 2.14. The number of hydrogen-bond acceptors (Lipinski definition) is 3. The van der Waals surface area contributed by atoms with Crippen molar-refractivity contribution in [2.45, 2.75) is 20.5 Å². The van der Waals surface area contributed by atoms with Crippen molar-refractivity contribution in [1.29, 1.82) is 5.26 Å². The van der Waals surface area contributed by atoms with Gasteiger partial charge in [-0.15, -0.1) is 0 Å². The van der Waals surface area contributed by atoms with Crippen molar-refractivity contribution in [2.24, 2.45) is 0 Å². The Morgan fingerprint density at radius 2 is 1.92 bits per heavy atom. The Morgan fingerprint density at radius 1 is 1.20 bits per heavy atom. The molecule has 0 fully saturated rings. The number of aryl methyl sites for hydroxylation is 1. The summed E-state index contributed by atoms with van der Waals surface area (Å²) in [4.78, 5) is 0. The van der Waals surface area contributed by atoms with Crippen LogP contribution in [0.4, 0.5) is 4.39 Å². The molecule has 0 bridgehead atoms. The van der Waals surface area contributed by atoms with Gasteiger partial charge in [-0.3, -0.25) is 0 Å². The first-order valence-electron chi connectivity index (χ1n) is 7.63. The summed E-state index contributed by atoms with van der Waals surface area (Å²) >= 11 is 5.99. The largest absolute Gasteiger partial charge is 0.487 e. The first kappa shape index (κ1) is 17.0. The molecular formula is C19H15ClFN3O. The van der Waals surface area contributed by atoms with Gasteiger partial charge in [0.1, 0.15) is 18.2 Å². The van der Waals surface area contributed by atoms with Gasteiger partial charge in [0.25, 0.3) is 0 Å². The van der Waals surface area contributed by atoms with E-state index in [4.69, 9.17) is 21.6 Å². The molecule has 25 heavy (non-hydrogen) atoms. The molecule has 0 radical (unpaired) electrons. The molecule has 0 aliphatic heterocycles. The minimum Gasteiger partial charge on any atom is -0.487 e. The quantitative estimate of drug-likeness (QED) is 0.679. The van der Waals surface area contributed by atoms with Gasteiger partial charge >= 0.3 is 0 Å². The van der Waals surface area contributed by atoms with Gasteiger partial charge < -0.3 is 4.74 Å². The van der Waals surface area contributed by atoms with Gasteiger partial charge in [0.15, 0.2) is 0 Å². The number of halogens is 2. The van der Waals surface area contributed by atoms with E-state index in [1.54, 1.807) is 16.8 Å². The van der Waals surface area contributed by atoms with Crippen LogP contribution in [0.1, 0.15) is 22.5 Å². The Balaban J connectivity index is 1.85. The summed E-state index contributed by atoms with van der Waals surface area (Å²) in [5.74, 6) is 0.0198. The van der Waals surface area contributed by atoms with Gasteiger partial charge in [0.05, 0.1) is 28.0 Å². The highest BCUT2D eigenvalue weighted by molar-refractivity contribution is 6.32. The van der Waals surface area contributed by atoms with Gasteiger partial charge in [0, 0.05) is 11.3 Å². The highest BCUT2D eigenvalue weighted by Crippen LogP contribution is 2.27. The number of aromatic nitrogens is 2. The maximum absolute atomic E-state index is 13.1. The average Bonchev–Trinajstić information content (AvgIpc) is 2.89. The van der Waals surface area contributed by atoms with E-state index < -0.39 is 5.82 Å². The summed E-state index contributed by atoms with van der Waals surface area (Å²) in [7, 11) is 0. The fourth-order valence-corrected chi connectivity index (χ4v) is 2.78. The molecule has 0 amide bonds. The van der Waals surface area contributed by atoms with E-state index in [1.165, 1.54) is 18.2 Å². The third kappa shape index (κ3) is 3.49. The lowest BCUT2D eigenvalue weighted by atomic mass is 10.2. The van der Waals surface area contributed by atoms with E-state index in [9.17, 15) is 4.39 Å². The van der Waals surface area contributed by atoms with Crippen molar-refractivity contribution < 1.29 is 9.13 Å². The molecular weight excluding hydrogens is 341 g/mol. The van der Waals surface area contributed by atoms with E-state index in [2.05, 4.69) is 11.2 Å². The first-order valence-corrected chi connectivity index (χ1v) is 8.01. The zero-order chi connectivity index (χ0) is 18.0. The monoisotopic (exact) mass is 355 g/mol. The Bertz CT molecular complexity index is 958. The fraction of sp³-hybridized carbons (Fsp3) is 0.158. The summed E-state index contributed by atoms with van der Waals surface area (Å²) in [6.07, 6.45) is 0. The number of nitriles is 1. The highest BCUT2D eigenvalue weighted by atomic mass is 35.5. The molecule has 0 aliphatic rings. The summed E-state index contributed by atoms with van der Waals surface area (Å²) < 4.78 is 20.6. The van der Waals surface area contributed by atoms with Crippen LogP contribution in [0.25, 0.3) is 5.69 Å². The van der Waals surface area contributed by atoms with Crippen molar-refractivity contribution in [3.05, 3.63) is 75.8 Å². The Labute approximate surface area is 150 Å². The third-order valence-electron chi connectivity index (χ3n) is 3.95. The Hall–Kier alpha value is -2.84. The number of hydrogen-bond donors (Lipinski definition) is 0. The molecule has 0 unspecified atom stereocenters. The standard InChI is InChI=1S/C19H15ClFN3O/c1-12-17(11-25-19-8-5-15(21)9-18(19)20)13(2)24(23-12)16-6-3-14(10-22)4-7-16/h3-9H,11H2,1-2H3. The lowest BCUT2D eigenvalue weighted by molar-refractivity contribution is 0.304. The smallest absolute Gasteiger partial charge is 0.138 e. The zero-order valence-electron chi connectivity index (χ0n) is 13.8. The fourth-order valence-electron chi connectivity index (χ4n) is 2.55. The van der Waals surface area contributed by atoms with Crippen LogP contribution in [0.5, 0.6) is 5.75 Å². The number of benzene rings is 2. The van der Waals surface area contributed by atoms with Crippen LogP contribution in [0.15, 0.2) is 42.5 Å². The number of nitrogens with zero attached hydrogens (tertiary/aromatic N) is 3. The molecule has 3 rings (SSSR count). The summed E-state index contributed by atoms with van der Waals surface area (Å²) in [6.45, 7) is 4.13. The zero-order valence-corrected chi connectivity index (χ0v) is 14.5. The van der Waals surface area contributed by atoms with Crippen molar-refractivity contribution >= 4 is 11.6 Å². The third-order valence-corrected chi connectivity index (χ3v) is 4.24. The van der Waals surface area contributed by atoms with E-state index in [0.717, 1.165) is 22.6 Å². The molecule has 1 heterocycles. The Morgan fingerprint density at radius 3 is 2.56 bits per heavy atom. The first-order chi connectivity index (χ1) is 12.0. The SMILES string of the molecule is Cc1nn(-c2ccc(C#N)cc2)c(C)c1COc1ccc(F)cc1Cl. The molecule has 0 atom stereocenters. The second-order valence-corrected chi connectivity index (χ2v) is 5.99. The van der Waals surface area contributed by atoms with Gasteiger partial charge in [-0.2, -0.15) is 10.4 Å². The molecule has 0 saturated heterocycles. The normalized spacial score (nSPS) is 10.5. The van der Waals surface area contributed by atoms with Crippen molar-refractivity contribution in [3.63, 3.8) is 0 Å². The minimum atomic E-state index is -0.404. The maximum atomic E-state index is 13.1. The number of ether oxygens (including phenoxy) is 1. The summed E-state index contributed by atoms with van der Waals surface area (Å²) in [6, 6.07) is 13.3. The molecule has 126 valence electrons. The lowest BCUT2D eigenvalue weighted by Gasteiger charge is -2.09.